The van der Waals surface area contributed by atoms with Crippen molar-refractivity contribution in [3.8, 4) is 17.2 Å². The van der Waals surface area contributed by atoms with E-state index < -0.39 is 11.7 Å². The predicted molar refractivity (Wildman–Crippen MR) is 78.3 cm³/mol. The molecule has 0 aliphatic heterocycles. The number of ether oxygens (including phenoxy) is 1. The van der Waals surface area contributed by atoms with Crippen molar-refractivity contribution in [2.75, 3.05) is 0 Å². The van der Waals surface area contributed by atoms with Gasteiger partial charge in [0.15, 0.2) is 11.5 Å². The summed E-state index contributed by atoms with van der Waals surface area (Å²) in [5.41, 5.74) is -0.0381. The molecular formula is C17H17F3O2. The molecule has 0 aliphatic rings. The molecule has 2 aromatic rings. The van der Waals surface area contributed by atoms with Gasteiger partial charge in [-0.1, -0.05) is 32.9 Å². The molecule has 0 unspecified atom stereocenters. The van der Waals surface area contributed by atoms with Crippen LogP contribution in [0.5, 0.6) is 17.2 Å². The first-order chi connectivity index (χ1) is 10.1. The van der Waals surface area contributed by atoms with Gasteiger partial charge >= 0.3 is 6.18 Å². The third-order valence-electron chi connectivity index (χ3n) is 3.21. The van der Waals surface area contributed by atoms with E-state index in [1.54, 1.807) is 18.2 Å². The molecule has 1 N–H and O–H groups in total. The Morgan fingerprint density at radius 3 is 2.14 bits per heavy atom. The van der Waals surface area contributed by atoms with Crippen LogP contribution in [0.25, 0.3) is 0 Å². The highest BCUT2D eigenvalue weighted by Crippen LogP contribution is 2.37. The molecule has 22 heavy (non-hydrogen) atoms. The molecule has 0 aromatic heterocycles. The minimum Gasteiger partial charge on any atom is -0.504 e. The van der Waals surface area contributed by atoms with Gasteiger partial charge in [0, 0.05) is 0 Å². The van der Waals surface area contributed by atoms with Crippen molar-refractivity contribution < 1.29 is 23.0 Å². The Bertz CT molecular complexity index is 670. The summed E-state index contributed by atoms with van der Waals surface area (Å²) in [4.78, 5) is 0. The summed E-state index contributed by atoms with van der Waals surface area (Å²) in [5, 5.41) is 10.00. The highest BCUT2D eigenvalue weighted by atomic mass is 19.4. The number of phenols is 1. The van der Waals surface area contributed by atoms with Gasteiger partial charge in [0.25, 0.3) is 0 Å². The van der Waals surface area contributed by atoms with E-state index >= 15 is 0 Å². The summed E-state index contributed by atoms with van der Waals surface area (Å²) in [6.07, 6.45) is -4.43. The van der Waals surface area contributed by atoms with Gasteiger partial charge in [-0.25, -0.2) is 0 Å². The van der Waals surface area contributed by atoms with Crippen LogP contribution in [0.1, 0.15) is 31.9 Å². The van der Waals surface area contributed by atoms with Crippen molar-refractivity contribution in [1.29, 1.82) is 0 Å². The Morgan fingerprint density at radius 1 is 0.909 bits per heavy atom. The van der Waals surface area contributed by atoms with Crippen LogP contribution in [0.15, 0.2) is 42.5 Å². The standard InChI is InChI=1S/C17H17F3O2/c1-16(2,3)11-7-8-15(14(21)10-11)22-13-6-4-5-12(9-13)17(18,19)20/h4-10,21H,1-3H3. The average Bonchev–Trinajstić information content (AvgIpc) is 2.39. The van der Waals surface area contributed by atoms with Crippen LogP contribution in [-0.2, 0) is 11.6 Å². The lowest BCUT2D eigenvalue weighted by atomic mass is 9.87. The fraction of sp³-hybridized carbons (Fsp3) is 0.294. The van der Waals surface area contributed by atoms with Crippen molar-refractivity contribution in [3.63, 3.8) is 0 Å². The van der Waals surface area contributed by atoms with E-state index in [9.17, 15) is 18.3 Å². The summed E-state index contributed by atoms with van der Waals surface area (Å²) in [5.74, 6) is 0.0331. The molecule has 2 aromatic carbocycles. The maximum absolute atomic E-state index is 12.7. The number of hydrogen-bond acceptors (Lipinski definition) is 2. The molecule has 0 spiro atoms. The first kappa shape index (κ1) is 16.2. The summed E-state index contributed by atoms with van der Waals surface area (Å²) in [6, 6.07) is 9.43. The van der Waals surface area contributed by atoms with Crippen molar-refractivity contribution >= 4 is 0 Å². The van der Waals surface area contributed by atoms with E-state index in [0.717, 1.165) is 17.7 Å². The molecule has 0 saturated carbocycles. The lowest BCUT2D eigenvalue weighted by Crippen LogP contribution is -2.10. The van der Waals surface area contributed by atoms with Crippen LogP contribution in [0.3, 0.4) is 0 Å². The van der Waals surface area contributed by atoms with Gasteiger partial charge < -0.3 is 9.84 Å². The SMILES string of the molecule is CC(C)(C)c1ccc(Oc2cccc(C(F)(F)F)c2)c(O)c1. The second-order valence-electron chi connectivity index (χ2n) is 6.06. The molecule has 0 bridgehead atoms. The predicted octanol–water partition coefficient (Wildman–Crippen LogP) is 5.50. The van der Waals surface area contributed by atoms with Crippen LogP contribution in [0.4, 0.5) is 13.2 Å². The summed E-state index contributed by atoms with van der Waals surface area (Å²) < 4.78 is 43.4. The van der Waals surface area contributed by atoms with Gasteiger partial charge in [0.05, 0.1) is 5.56 Å². The van der Waals surface area contributed by atoms with E-state index in [1.165, 1.54) is 12.1 Å². The Labute approximate surface area is 127 Å². The number of benzene rings is 2. The van der Waals surface area contributed by atoms with Crippen molar-refractivity contribution in [2.24, 2.45) is 0 Å². The average molecular weight is 310 g/mol. The lowest BCUT2D eigenvalue weighted by Gasteiger charge is -2.20. The van der Waals surface area contributed by atoms with E-state index in [-0.39, 0.29) is 22.7 Å². The molecule has 118 valence electrons. The molecule has 0 fully saturated rings. The van der Waals surface area contributed by atoms with Crippen LogP contribution >= 0.6 is 0 Å². The zero-order chi connectivity index (χ0) is 16.5. The number of halogens is 3. The first-order valence-electron chi connectivity index (χ1n) is 6.76. The summed E-state index contributed by atoms with van der Waals surface area (Å²) in [6.45, 7) is 5.99. The maximum Gasteiger partial charge on any atom is 0.416 e. The molecule has 0 atom stereocenters. The molecular weight excluding hydrogens is 293 g/mol. The van der Waals surface area contributed by atoms with E-state index in [2.05, 4.69) is 0 Å². The molecule has 0 aliphatic carbocycles. The summed E-state index contributed by atoms with van der Waals surface area (Å²) in [7, 11) is 0. The number of hydrogen-bond donors (Lipinski definition) is 1. The summed E-state index contributed by atoms with van der Waals surface area (Å²) >= 11 is 0. The zero-order valence-electron chi connectivity index (χ0n) is 12.5. The van der Waals surface area contributed by atoms with Gasteiger partial charge in [-0.3, -0.25) is 0 Å². The van der Waals surface area contributed by atoms with Gasteiger partial charge in [-0.2, -0.15) is 13.2 Å². The highest BCUT2D eigenvalue weighted by Gasteiger charge is 2.30. The van der Waals surface area contributed by atoms with Gasteiger partial charge in [-0.05, 0) is 41.3 Å². The molecule has 0 radical (unpaired) electrons. The van der Waals surface area contributed by atoms with Gasteiger partial charge in [-0.15, -0.1) is 0 Å². The Balaban J connectivity index is 2.28. The second kappa shape index (κ2) is 5.55. The quantitative estimate of drug-likeness (QED) is 0.793. The monoisotopic (exact) mass is 310 g/mol. The minimum atomic E-state index is -4.43. The van der Waals surface area contributed by atoms with E-state index in [1.807, 2.05) is 20.8 Å². The minimum absolute atomic E-state index is 0.0219. The maximum atomic E-state index is 12.7. The van der Waals surface area contributed by atoms with Crippen molar-refractivity contribution in [3.05, 3.63) is 53.6 Å². The smallest absolute Gasteiger partial charge is 0.416 e. The number of alkyl halides is 3. The molecule has 0 saturated heterocycles. The van der Waals surface area contributed by atoms with Crippen molar-refractivity contribution in [1.82, 2.24) is 0 Å². The zero-order valence-corrected chi connectivity index (χ0v) is 12.5. The Morgan fingerprint density at radius 2 is 1.59 bits per heavy atom. The van der Waals surface area contributed by atoms with E-state index in [0.29, 0.717) is 0 Å². The van der Waals surface area contributed by atoms with Gasteiger partial charge in [0.1, 0.15) is 5.75 Å². The third-order valence-corrected chi connectivity index (χ3v) is 3.21. The lowest BCUT2D eigenvalue weighted by molar-refractivity contribution is -0.137. The Kier molecular flexibility index (Phi) is 4.09. The number of aromatic hydroxyl groups is 1. The molecule has 5 heteroatoms. The normalized spacial score (nSPS) is 12.3. The third kappa shape index (κ3) is 3.72. The topological polar surface area (TPSA) is 29.5 Å². The number of phenolic OH excluding ortho intramolecular Hbond substituents is 1. The fourth-order valence-electron chi connectivity index (χ4n) is 1.93. The Hall–Kier alpha value is -2.17. The molecule has 2 rings (SSSR count). The van der Waals surface area contributed by atoms with Crippen LogP contribution in [-0.4, -0.2) is 5.11 Å². The highest BCUT2D eigenvalue weighted by molar-refractivity contribution is 5.46. The second-order valence-corrected chi connectivity index (χ2v) is 6.06. The van der Waals surface area contributed by atoms with Crippen LogP contribution in [0, 0.1) is 0 Å². The molecule has 2 nitrogen and oxygen atoms in total. The molecule has 0 heterocycles. The molecule has 0 amide bonds. The number of rotatable bonds is 2. The van der Waals surface area contributed by atoms with Crippen LogP contribution in [0.2, 0.25) is 0 Å². The fourth-order valence-corrected chi connectivity index (χ4v) is 1.93. The van der Waals surface area contributed by atoms with Gasteiger partial charge in [0.2, 0.25) is 0 Å². The van der Waals surface area contributed by atoms with Crippen molar-refractivity contribution in [2.45, 2.75) is 32.4 Å². The van der Waals surface area contributed by atoms with E-state index in [4.69, 9.17) is 4.74 Å². The van der Waals surface area contributed by atoms with Crippen LogP contribution < -0.4 is 4.74 Å². The first-order valence-corrected chi connectivity index (χ1v) is 6.76. The largest absolute Gasteiger partial charge is 0.504 e.